The number of rotatable bonds is 2. The van der Waals surface area contributed by atoms with E-state index in [4.69, 9.17) is 9.47 Å². The lowest BCUT2D eigenvalue weighted by Crippen LogP contribution is -2.35. The molecule has 1 amide bonds. The summed E-state index contributed by atoms with van der Waals surface area (Å²) in [7, 11) is 0. The van der Waals surface area contributed by atoms with Crippen LogP contribution in [0.4, 0.5) is 18.9 Å². The van der Waals surface area contributed by atoms with Gasteiger partial charge >= 0.3 is 6.18 Å². The number of hydrogen-bond acceptors (Lipinski definition) is 4. The Morgan fingerprint density at radius 2 is 1.78 bits per heavy atom. The van der Waals surface area contributed by atoms with E-state index in [9.17, 15) is 23.1 Å². The van der Waals surface area contributed by atoms with Crippen molar-refractivity contribution in [2.24, 2.45) is 0 Å². The maximum Gasteiger partial charge on any atom is 0.409 e. The fraction of sp³-hybridized carbons (Fsp3) is 0.292. The van der Waals surface area contributed by atoms with E-state index in [1.807, 2.05) is 13.0 Å². The van der Waals surface area contributed by atoms with E-state index in [0.717, 1.165) is 12.5 Å². The van der Waals surface area contributed by atoms with Crippen molar-refractivity contribution in [3.05, 3.63) is 77.9 Å². The summed E-state index contributed by atoms with van der Waals surface area (Å²) in [6.07, 6.45) is 2.36. The highest BCUT2D eigenvalue weighted by atomic mass is 19.4. The van der Waals surface area contributed by atoms with Crippen molar-refractivity contribution in [1.82, 2.24) is 0 Å². The highest BCUT2D eigenvalue weighted by Crippen LogP contribution is 2.43. The topological polar surface area (TPSA) is 67.8 Å². The third-order valence-electron chi connectivity index (χ3n) is 4.51. The molecule has 0 spiro atoms. The lowest BCUT2D eigenvalue weighted by Gasteiger charge is -2.21. The van der Waals surface area contributed by atoms with Crippen LogP contribution in [-0.4, -0.2) is 24.0 Å². The molecule has 0 fully saturated rings. The number of allylic oxidation sites excluding steroid dienone is 4. The molecule has 0 aromatic heterocycles. The number of fused-ring (bicyclic) bond motifs is 2. The summed E-state index contributed by atoms with van der Waals surface area (Å²) < 4.78 is 43.5. The van der Waals surface area contributed by atoms with E-state index < -0.39 is 17.7 Å². The van der Waals surface area contributed by atoms with Gasteiger partial charge in [-0.2, -0.15) is 13.2 Å². The van der Waals surface area contributed by atoms with Crippen LogP contribution in [-0.2, 0) is 10.4 Å². The molecular weight excluding hydrogens is 423 g/mol. The SMILES string of the molecule is C/C=C/CC.C/C=C\C(F)(F)F.O=C1Nc2ccccc2C1(O)c1ccc2c(c1)OCO2. The molecule has 0 saturated carbocycles. The van der Waals surface area contributed by atoms with Gasteiger partial charge in [0.2, 0.25) is 6.79 Å². The van der Waals surface area contributed by atoms with E-state index in [2.05, 4.69) is 24.4 Å². The molecule has 5 nitrogen and oxygen atoms in total. The van der Waals surface area contributed by atoms with E-state index in [1.54, 1.807) is 36.4 Å². The number of para-hydroxylation sites is 1. The molecule has 0 bridgehead atoms. The first kappa shape index (κ1) is 25.0. The molecule has 0 saturated heterocycles. The first-order valence-corrected chi connectivity index (χ1v) is 10.0. The van der Waals surface area contributed by atoms with Crippen molar-refractivity contribution < 1.29 is 32.5 Å². The average molecular weight is 449 g/mol. The number of hydrogen-bond donors (Lipinski definition) is 2. The molecule has 0 aliphatic carbocycles. The summed E-state index contributed by atoms with van der Waals surface area (Å²) in [5, 5.41) is 13.6. The molecule has 2 aliphatic rings. The van der Waals surface area contributed by atoms with Crippen LogP contribution in [0, 0.1) is 0 Å². The minimum Gasteiger partial charge on any atom is -0.454 e. The number of carbonyl (C=O) groups excluding carboxylic acids is 1. The number of halogens is 3. The van der Waals surface area contributed by atoms with Gasteiger partial charge in [-0.25, -0.2) is 0 Å². The number of nitrogens with one attached hydrogen (secondary N) is 1. The molecule has 172 valence electrons. The van der Waals surface area contributed by atoms with Gasteiger partial charge in [0.15, 0.2) is 17.1 Å². The standard InChI is InChI=1S/C15H11NO4.C5H10.C4H5F3/c17-14-15(18,10-3-1-2-4-11(10)16-14)9-5-6-12-13(7-9)20-8-19-12;1-3-5-4-2;1-2-3-4(5,6)7/h1-7,18H,8H2,(H,16,17);3,5H,4H2,1-2H3;2-3H,1H3/b;5-3+;3-2-. The number of carbonyl (C=O) groups is 1. The summed E-state index contributed by atoms with van der Waals surface area (Å²) in [4.78, 5) is 12.2. The highest BCUT2D eigenvalue weighted by Gasteiger charge is 2.47. The van der Waals surface area contributed by atoms with Crippen LogP contribution in [0.25, 0.3) is 0 Å². The van der Waals surface area contributed by atoms with E-state index in [0.29, 0.717) is 28.3 Å². The van der Waals surface area contributed by atoms with E-state index in [-0.39, 0.29) is 12.9 Å². The maximum atomic E-state index is 12.2. The van der Waals surface area contributed by atoms with Crippen LogP contribution in [0.5, 0.6) is 11.5 Å². The van der Waals surface area contributed by atoms with Crippen molar-refractivity contribution in [3.8, 4) is 11.5 Å². The van der Waals surface area contributed by atoms with Gasteiger partial charge in [0.1, 0.15) is 0 Å². The monoisotopic (exact) mass is 449 g/mol. The van der Waals surface area contributed by atoms with Gasteiger partial charge in [-0.3, -0.25) is 4.79 Å². The Labute approximate surface area is 185 Å². The molecule has 32 heavy (non-hydrogen) atoms. The highest BCUT2D eigenvalue weighted by molar-refractivity contribution is 6.07. The van der Waals surface area contributed by atoms with E-state index in [1.165, 1.54) is 6.92 Å². The minimum absolute atomic E-state index is 0.153. The predicted octanol–water partition coefficient (Wildman–Crippen LogP) is 5.70. The van der Waals surface area contributed by atoms with Crippen molar-refractivity contribution >= 4 is 11.6 Å². The first-order chi connectivity index (χ1) is 15.2. The Bertz CT molecular complexity index is 985. The van der Waals surface area contributed by atoms with Crippen molar-refractivity contribution in [3.63, 3.8) is 0 Å². The normalized spacial score (nSPS) is 18.5. The van der Waals surface area contributed by atoms with E-state index >= 15 is 0 Å². The van der Waals surface area contributed by atoms with Gasteiger partial charge in [0.05, 0.1) is 0 Å². The number of ether oxygens (including phenoxy) is 2. The van der Waals surface area contributed by atoms with Crippen LogP contribution in [0.3, 0.4) is 0 Å². The Hall–Kier alpha value is -3.26. The fourth-order valence-corrected chi connectivity index (χ4v) is 3.08. The van der Waals surface area contributed by atoms with Gasteiger partial charge < -0.3 is 19.9 Å². The molecule has 1 atom stereocenters. The lowest BCUT2D eigenvalue weighted by atomic mass is 9.87. The van der Waals surface area contributed by atoms with Crippen LogP contribution in [0.1, 0.15) is 38.3 Å². The molecule has 4 rings (SSSR count). The van der Waals surface area contributed by atoms with Gasteiger partial charge in [-0.1, -0.05) is 49.4 Å². The predicted molar refractivity (Wildman–Crippen MR) is 117 cm³/mol. The van der Waals surface area contributed by atoms with Gasteiger partial charge in [-0.05, 0) is 38.5 Å². The van der Waals surface area contributed by atoms with Gasteiger partial charge in [0.25, 0.3) is 5.91 Å². The number of aliphatic hydroxyl groups is 1. The molecule has 0 radical (unpaired) electrons. The zero-order chi connectivity index (χ0) is 23.8. The zero-order valence-corrected chi connectivity index (χ0v) is 18.1. The Morgan fingerprint density at radius 3 is 2.34 bits per heavy atom. The van der Waals surface area contributed by atoms with Crippen molar-refractivity contribution in [1.29, 1.82) is 0 Å². The quantitative estimate of drug-likeness (QED) is 0.577. The molecule has 2 heterocycles. The Balaban J connectivity index is 0.000000254. The summed E-state index contributed by atoms with van der Waals surface area (Å²) in [5.41, 5.74) is -0.0665. The summed E-state index contributed by atoms with van der Waals surface area (Å²) in [6, 6.07) is 12.1. The second kappa shape index (κ2) is 10.9. The molecule has 1 unspecified atom stereocenters. The van der Waals surface area contributed by atoms with Crippen LogP contribution in [0.2, 0.25) is 0 Å². The summed E-state index contributed by atoms with van der Waals surface area (Å²) >= 11 is 0. The van der Waals surface area contributed by atoms with Crippen LogP contribution in [0.15, 0.2) is 66.8 Å². The zero-order valence-electron chi connectivity index (χ0n) is 18.1. The average Bonchev–Trinajstić information content (AvgIpc) is 3.31. The fourth-order valence-electron chi connectivity index (χ4n) is 3.08. The van der Waals surface area contributed by atoms with Crippen LogP contribution < -0.4 is 14.8 Å². The molecule has 2 aliphatic heterocycles. The molecule has 2 N–H and O–H groups in total. The Kier molecular flexibility index (Phi) is 8.48. The number of alkyl halides is 3. The largest absolute Gasteiger partial charge is 0.454 e. The molecule has 2 aromatic carbocycles. The van der Waals surface area contributed by atoms with Gasteiger partial charge in [0, 0.05) is 22.9 Å². The number of amides is 1. The lowest BCUT2D eigenvalue weighted by molar-refractivity contribution is -0.129. The van der Waals surface area contributed by atoms with Crippen molar-refractivity contribution in [2.75, 3.05) is 12.1 Å². The third kappa shape index (κ3) is 5.91. The summed E-state index contributed by atoms with van der Waals surface area (Å²) in [5.74, 6) is 0.690. The second-order valence-corrected chi connectivity index (χ2v) is 6.80. The number of anilines is 1. The second-order valence-electron chi connectivity index (χ2n) is 6.80. The number of benzene rings is 2. The Morgan fingerprint density at radius 1 is 1.09 bits per heavy atom. The smallest absolute Gasteiger partial charge is 0.409 e. The molecular formula is C24H26F3NO4. The molecule has 8 heteroatoms. The van der Waals surface area contributed by atoms with Crippen molar-refractivity contribution in [2.45, 2.75) is 39.0 Å². The van der Waals surface area contributed by atoms with Gasteiger partial charge in [-0.15, -0.1) is 0 Å². The minimum atomic E-state index is -4.13. The summed E-state index contributed by atoms with van der Waals surface area (Å²) in [6.45, 7) is 5.64. The van der Waals surface area contributed by atoms with Crippen LogP contribution >= 0.6 is 0 Å². The molecule has 2 aromatic rings. The first-order valence-electron chi connectivity index (χ1n) is 10.0. The maximum absolute atomic E-state index is 12.2. The third-order valence-corrected chi connectivity index (χ3v) is 4.51.